The predicted molar refractivity (Wildman–Crippen MR) is 79.8 cm³/mol. The fraction of sp³-hybridized carbons (Fsp3) is 0.438. The first-order valence-corrected chi connectivity index (χ1v) is 7.74. The number of amides is 1. The Bertz CT molecular complexity index is 829. The predicted octanol–water partition coefficient (Wildman–Crippen LogP) is 1.92. The molecule has 0 radical (unpaired) electrons. The van der Waals surface area contributed by atoms with Gasteiger partial charge in [0.15, 0.2) is 0 Å². The summed E-state index contributed by atoms with van der Waals surface area (Å²) in [5.41, 5.74) is 9.20. The van der Waals surface area contributed by atoms with Gasteiger partial charge in [-0.3, -0.25) is 15.1 Å². The third-order valence-electron chi connectivity index (χ3n) is 5.59. The standard InChI is InChI=1S/C16H17FN4O/c1-16-3-2-4-21(16)7-11-13-12-9(15(22)20-19-11)5-8(17)6-10(12)18-14(13)16/h5-6,11,18-19H,2-4,7H2,1H3,(H,20,22)/t11?,16-/m1/s1. The number of hydrogen-bond donors (Lipinski definition) is 3. The summed E-state index contributed by atoms with van der Waals surface area (Å²) in [6.07, 6.45) is 2.24. The molecule has 1 aromatic heterocycles. The van der Waals surface area contributed by atoms with E-state index < -0.39 is 0 Å². The van der Waals surface area contributed by atoms with Crippen molar-refractivity contribution in [3.05, 3.63) is 34.8 Å². The minimum absolute atomic E-state index is 0.0330. The summed E-state index contributed by atoms with van der Waals surface area (Å²) in [6.45, 7) is 4.15. The van der Waals surface area contributed by atoms with Crippen LogP contribution >= 0.6 is 0 Å². The maximum absolute atomic E-state index is 13.9. The zero-order valence-electron chi connectivity index (χ0n) is 12.3. The maximum Gasteiger partial charge on any atom is 0.266 e. The smallest absolute Gasteiger partial charge is 0.266 e. The number of nitrogens with one attached hydrogen (secondary N) is 3. The van der Waals surface area contributed by atoms with Crippen LogP contribution in [0.15, 0.2) is 12.1 Å². The Morgan fingerprint density at radius 2 is 2.27 bits per heavy atom. The van der Waals surface area contributed by atoms with Gasteiger partial charge in [0, 0.05) is 28.7 Å². The Morgan fingerprint density at radius 3 is 3.14 bits per heavy atom. The Morgan fingerprint density at radius 1 is 1.41 bits per heavy atom. The van der Waals surface area contributed by atoms with Crippen LogP contribution in [0.2, 0.25) is 0 Å². The molecule has 5 nitrogen and oxygen atoms in total. The molecule has 0 aliphatic carbocycles. The molecule has 1 aromatic carbocycles. The molecule has 4 heterocycles. The minimum Gasteiger partial charge on any atom is -0.356 e. The lowest BCUT2D eigenvalue weighted by atomic mass is 9.84. The maximum atomic E-state index is 13.9. The van der Waals surface area contributed by atoms with Crippen molar-refractivity contribution < 1.29 is 9.18 Å². The SMILES string of the molecule is C[C@]12CCCN1CC1NNC(=O)c3cc(F)cc4[nH]c2c1c34. The van der Waals surface area contributed by atoms with Crippen LogP contribution in [0.1, 0.15) is 47.4 Å². The van der Waals surface area contributed by atoms with Gasteiger partial charge in [0.2, 0.25) is 0 Å². The number of hydrogen-bond acceptors (Lipinski definition) is 3. The Kier molecular flexibility index (Phi) is 2.22. The summed E-state index contributed by atoms with van der Waals surface area (Å²) < 4.78 is 13.9. The van der Waals surface area contributed by atoms with Crippen molar-refractivity contribution in [3.63, 3.8) is 0 Å². The van der Waals surface area contributed by atoms with E-state index >= 15 is 0 Å². The normalized spacial score (nSPS) is 30.3. The van der Waals surface area contributed by atoms with E-state index in [0.717, 1.165) is 48.1 Å². The van der Waals surface area contributed by atoms with Gasteiger partial charge in [0.1, 0.15) is 5.82 Å². The molecule has 3 N–H and O–H groups in total. The summed E-state index contributed by atoms with van der Waals surface area (Å²) in [7, 11) is 0. The fourth-order valence-electron chi connectivity index (χ4n) is 4.52. The van der Waals surface area contributed by atoms with E-state index in [1.807, 2.05) is 0 Å². The number of benzene rings is 1. The van der Waals surface area contributed by atoms with Crippen molar-refractivity contribution >= 4 is 16.8 Å². The van der Waals surface area contributed by atoms with Gasteiger partial charge in [0.05, 0.1) is 17.1 Å². The molecular weight excluding hydrogens is 283 g/mol. The summed E-state index contributed by atoms with van der Waals surface area (Å²) in [5, 5.41) is 0.872. The van der Waals surface area contributed by atoms with Gasteiger partial charge < -0.3 is 4.98 Å². The van der Waals surface area contributed by atoms with E-state index in [-0.39, 0.29) is 23.3 Å². The third kappa shape index (κ3) is 1.37. The lowest BCUT2D eigenvalue weighted by molar-refractivity contribution is 0.0884. The molecule has 1 unspecified atom stereocenters. The molecule has 2 aromatic rings. The summed E-state index contributed by atoms with van der Waals surface area (Å²) in [4.78, 5) is 18.2. The van der Waals surface area contributed by atoms with Gasteiger partial charge >= 0.3 is 0 Å². The molecule has 22 heavy (non-hydrogen) atoms. The Balaban J connectivity index is 1.91. The molecule has 1 fully saturated rings. The molecule has 0 spiro atoms. The lowest BCUT2D eigenvalue weighted by Crippen LogP contribution is -2.51. The monoisotopic (exact) mass is 300 g/mol. The summed E-state index contributed by atoms with van der Waals surface area (Å²) in [5.74, 6) is -0.658. The number of carbonyl (C=O) groups is 1. The van der Waals surface area contributed by atoms with Crippen LogP contribution in [0.5, 0.6) is 0 Å². The fourth-order valence-corrected chi connectivity index (χ4v) is 4.52. The number of hydrazine groups is 1. The number of rotatable bonds is 0. The van der Waals surface area contributed by atoms with Gasteiger partial charge in [-0.15, -0.1) is 0 Å². The van der Waals surface area contributed by atoms with Crippen LogP contribution < -0.4 is 10.9 Å². The van der Waals surface area contributed by atoms with Gasteiger partial charge in [-0.25, -0.2) is 9.82 Å². The first-order chi connectivity index (χ1) is 10.6. The van der Waals surface area contributed by atoms with Gasteiger partial charge in [0.25, 0.3) is 5.91 Å². The van der Waals surface area contributed by atoms with E-state index in [1.165, 1.54) is 12.1 Å². The number of fused-ring (bicyclic) bond motifs is 2. The van der Waals surface area contributed by atoms with Crippen LogP contribution in [0.3, 0.4) is 0 Å². The molecule has 3 aliphatic heterocycles. The quantitative estimate of drug-likeness (QED) is 0.696. The number of halogens is 1. The van der Waals surface area contributed by atoms with Crippen LogP contribution in [0, 0.1) is 5.82 Å². The molecule has 0 bridgehead atoms. The molecular formula is C16H17FN4O. The van der Waals surface area contributed by atoms with Gasteiger partial charge in [-0.1, -0.05) is 0 Å². The molecule has 0 saturated carbocycles. The third-order valence-corrected chi connectivity index (χ3v) is 5.59. The minimum atomic E-state index is -0.386. The Labute approximate surface area is 126 Å². The lowest BCUT2D eigenvalue weighted by Gasteiger charge is -2.42. The zero-order valence-corrected chi connectivity index (χ0v) is 12.3. The highest BCUT2D eigenvalue weighted by Gasteiger charge is 2.48. The average Bonchev–Trinajstić information content (AvgIpc) is 3.00. The van der Waals surface area contributed by atoms with Crippen LogP contribution in [-0.4, -0.2) is 28.9 Å². The van der Waals surface area contributed by atoms with Crippen LogP contribution in [0.25, 0.3) is 10.9 Å². The topological polar surface area (TPSA) is 60.2 Å². The van der Waals surface area contributed by atoms with Crippen LogP contribution in [-0.2, 0) is 5.54 Å². The number of H-pyrrole nitrogens is 1. The van der Waals surface area contributed by atoms with E-state index in [0.29, 0.717) is 5.56 Å². The summed E-state index contributed by atoms with van der Waals surface area (Å²) >= 11 is 0. The molecule has 114 valence electrons. The van der Waals surface area contributed by atoms with Crippen LogP contribution in [0.4, 0.5) is 4.39 Å². The molecule has 6 heteroatoms. The van der Waals surface area contributed by atoms with E-state index in [1.54, 1.807) is 0 Å². The second kappa shape index (κ2) is 3.88. The van der Waals surface area contributed by atoms with E-state index in [4.69, 9.17) is 0 Å². The zero-order chi connectivity index (χ0) is 15.1. The molecule has 5 rings (SSSR count). The first kappa shape index (κ1) is 12.6. The second-order valence-electron chi connectivity index (χ2n) is 6.76. The van der Waals surface area contributed by atoms with Crippen molar-refractivity contribution in [2.24, 2.45) is 0 Å². The largest absolute Gasteiger partial charge is 0.356 e. The number of nitrogens with zero attached hydrogens (tertiary/aromatic N) is 1. The Hall–Kier alpha value is -1.92. The number of aromatic nitrogens is 1. The molecule has 1 saturated heterocycles. The van der Waals surface area contributed by atoms with Crippen molar-refractivity contribution in [2.45, 2.75) is 31.3 Å². The van der Waals surface area contributed by atoms with Crippen molar-refractivity contribution in [3.8, 4) is 0 Å². The van der Waals surface area contributed by atoms with Crippen molar-refractivity contribution in [1.29, 1.82) is 0 Å². The van der Waals surface area contributed by atoms with E-state index in [2.05, 4.69) is 27.7 Å². The highest BCUT2D eigenvalue weighted by Crippen LogP contribution is 2.48. The first-order valence-electron chi connectivity index (χ1n) is 7.74. The number of aromatic amines is 1. The highest BCUT2D eigenvalue weighted by molar-refractivity contribution is 6.09. The second-order valence-corrected chi connectivity index (χ2v) is 6.76. The van der Waals surface area contributed by atoms with Gasteiger partial charge in [-0.05, 0) is 38.4 Å². The van der Waals surface area contributed by atoms with E-state index in [9.17, 15) is 9.18 Å². The molecule has 1 amide bonds. The van der Waals surface area contributed by atoms with Crippen molar-refractivity contribution in [1.82, 2.24) is 20.7 Å². The van der Waals surface area contributed by atoms with Gasteiger partial charge in [-0.2, -0.15) is 0 Å². The average molecular weight is 300 g/mol. The molecule has 2 atom stereocenters. The van der Waals surface area contributed by atoms with Crippen molar-refractivity contribution in [2.75, 3.05) is 13.1 Å². The number of carbonyl (C=O) groups excluding carboxylic acids is 1. The summed E-state index contributed by atoms with van der Waals surface area (Å²) in [6, 6.07) is 2.86. The molecule has 3 aliphatic rings. The highest BCUT2D eigenvalue weighted by atomic mass is 19.1.